The van der Waals surface area contributed by atoms with Crippen molar-refractivity contribution in [2.75, 3.05) is 61.3 Å². The van der Waals surface area contributed by atoms with Gasteiger partial charge in [0.15, 0.2) is 5.82 Å². The van der Waals surface area contributed by atoms with Crippen molar-refractivity contribution >= 4 is 23.4 Å². The number of nitrogens with one attached hydrogen (secondary N) is 1. The highest BCUT2D eigenvalue weighted by atomic mass is 19.1. The van der Waals surface area contributed by atoms with Crippen LogP contribution in [0.15, 0.2) is 30.3 Å². The first kappa shape index (κ1) is 22.3. The van der Waals surface area contributed by atoms with Crippen LogP contribution in [0.25, 0.3) is 17.6 Å². The Morgan fingerprint density at radius 3 is 2.38 bits per heavy atom. The van der Waals surface area contributed by atoms with Gasteiger partial charge >= 0.3 is 0 Å². The predicted octanol–water partition coefficient (Wildman–Crippen LogP) is 3.08. The Morgan fingerprint density at radius 2 is 1.71 bits per heavy atom. The molecule has 0 radical (unpaired) electrons. The van der Waals surface area contributed by atoms with Crippen molar-refractivity contribution in [1.82, 2.24) is 25.1 Å². The maximum Gasteiger partial charge on any atom is 0.184 e. The summed E-state index contributed by atoms with van der Waals surface area (Å²) < 4.78 is 27.1. The van der Waals surface area contributed by atoms with E-state index in [1.54, 1.807) is 6.07 Å². The van der Waals surface area contributed by atoms with Crippen LogP contribution < -0.4 is 15.5 Å². The monoisotopic (exact) mass is 466 g/mol. The van der Waals surface area contributed by atoms with Crippen LogP contribution in [0.5, 0.6) is 0 Å². The average molecular weight is 467 g/mol. The van der Waals surface area contributed by atoms with Crippen LogP contribution in [0.1, 0.15) is 17.7 Å². The zero-order chi connectivity index (χ0) is 23.7. The summed E-state index contributed by atoms with van der Waals surface area (Å²) in [4.78, 5) is 15.6. The van der Waals surface area contributed by atoms with Gasteiger partial charge in [0, 0.05) is 74.9 Å². The van der Waals surface area contributed by atoms with Crippen LogP contribution in [-0.4, -0.2) is 70.9 Å². The number of hydrogen-bond acceptors (Lipinski definition) is 7. The Labute approximate surface area is 197 Å². The predicted molar refractivity (Wildman–Crippen MR) is 130 cm³/mol. The van der Waals surface area contributed by atoms with Crippen molar-refractivity contribution < 1.29 is 8.78 Å². The van der Waals surface area contributed by atoms with Gasteiger partial charge in [-0.2, -0.15) is 5.10 Å². The highest BCUT2D eigenvalue weighted by Gasteiger charge is 2.21. The molecule has 0 atom stereocenters. The number of aromatic amines is 1. The van der Waals surface area contributed by atoms with E-state index in [-0.39, 0.29) is 0 Å². The number of anilines is 3. The third kappa shape index (κ3) is 4.72. The number of piperazine rings is 1. The van der Waals surface area contributed by atoms with Crippen molar-refractivity contribution in [2.45, 2.75) is 13.3 Å². The molecule has 10 heteroatoms. The van der Waals surface area contributed by atoms with Gasteiger partial charge in [0.05, 0.1) is 0 Å². The first-order chi connectivity index (χ1) is 16.5. The lowest BCUT2D eigenvalue weighted by Crippen LogP contribution is -2.46. The van der Waals surface area contributed by atoms with Gasteiger partial charge in [0.25, 0.3) is 0 Å². The van der Waals surface area contributed by atoms with E-state index in [1.807, 2.05) is 17.9 Å². The molecule has 2 fully saturated rings. The molecule has 1 aromatic carbocycles. The van der Waals surface area contributed by atoms with Crippen molar-refractivity contribution in [2.24, 2.45) is 0 Å². The molecule has 3 N–H and O–H groups in total. The summed E-state index contributed by atoms with van der Waals surface area (Å²) in [6.07, 6.45) is 5.29. The molecule has 8 nitrogen and oxygen atoms in total. The molecule has 4 heterocycles. The molecule has 178 valence electrons. The third-order valence-corrected chi connectivity index (χ3v) is 6.35. The second-order valence-corrected chi connectivity index (χ2v) is 8.74. The minimum Gasteiger partial charge on any atom is -0.384 e. The van der Waals surface area contributed by atoms with Crippen LogP contribution in [0.4, 0.5) is 26.1 Å². The Kier molecular flexibility index (Phi) is 6.14. The number of nitrogen functional groups attached to an aromatic ring is 1. The summed E-state index contributed by atoms with van der Waals surface area (Å²) in [6.45, 7) is 7.70. The molecule has 0 spiro atoms. The number of nitrogens with two attached hydrogens (primary N) is 1. The average Bonchev–Trinajstić information content (AvgIpc) is 3.12. The number of aromatic nitrogens is 4. The standard InChI is InChI=1S/C24H28F2N8/c1-16-20(23(31-30-16)24-28-21(27)15-22(29-24)34-6-3-7-34)4-2-5-32-8-10-33(11-9-32)19-13-17(25)12-18(26)14-19/h2,4,12-15H,3,5-11H2,1H3,(H,30,31)(H2,27,28,29)/b4-2+. The van der Waals surface area contributed by atoms with Crippen molar-refractivity contribution in [3.8, 4) is 11.5 Å². The van der Waals surface area contributed by atoms with Gasteiger partial charge in [-0.25, -0.2) is 18.7 Å². The van der Waals surface area contributed by atoms with Gasteiger partial charge in [0.1, 0.15) is 29.0 Å². The number of hydrogen-bond donors (Lipinski definition) is 2. The Hall–Kier alpha value is -3.53. The molecule has 0 saturated carbocycles. The van der Waals surface area contributed by atoms with E-state index in [4.69, 9.17) is 10.7 Å². The molecule has 2 aliphatic heterocycles. The van der Waals surface area contributed by atoms with Gasteiger partial charge in [-0.1, -0.05) is 12.2 Å². The molecule has 3 aromatic rings. The van der Waals surface area contributed by atoms with Gasteiger partial charge < -0.3 is 15.5 Å². The van der Waals surface area contributed by atoms with E-state index >= 15 is 0 Å². The zero-order valence-electron chi connectivity index (χ0n) is 19.1. The van der Waals surface area contributed by atoms with E-state index in [9.17, 15) is 8.78 Å². The molecular weight excluding hydrogens is 438 g/mol. The van der Waals surface area contributed by atoms with Gasteiger partial charge in [0.2, 0.25) is 0 Å². The summed E-state index contributed by atoms with van der Waals surface area (Å²) in [6, 6.07) is 5.47. The highest BCUT2D eigenvalue weighted by Crippen LogP contribution is 2.27. The van der Waals surface area contributed by atoms with Gasteiger partial charge in [-0.3, -0.25) is 10.00 Å². The SMILES string of the molecule is Cc1[nH]nc(-c2nc(N)cc(N3CCC3)n2)c1/C=C/CN1CCN(c2cc(F)cc(F)c2)CC1. The molecule has 2 saturated heterocycles. The van der Waals surface area contributed by atoms with Crippen molar-refractivity contribution in [3.05, 3.63) is 53.2 Å². The summed E-state index contributed by atoms with van der Waals surface area (Å²) in [7, 11) is 0. The highest BCUT2D eigenvalue weighted by molar-refractivity contribution is 5.71. The number of aryl methyl sites for hydroxylation is 1. The molecule has 2 aliphatic rings. The Morgan fingerprint density at radius 1 is 0.971 bits per heavy atom. The first-order valence-electron chi connectivity index (χ1n) is 11.5. The number of benzene rings is 1. The normalized spacial score (nSPS) is 16.9. The van der Waals surface area contributed by atoms with Crippen molar-refractivity contribution in [1.29, 1.82) is 0 Å². The molecular formula is C24H28F2N8. The maximum atomic E-state index is 13.5. The molecule has 0 amide bonds. The molecule has 0 bridgehead atoms. The smallest absolute Gasteiger partial charge is 0.184 e. The van der Waals surface area contributed by atoms with Crippen LogP contribution in [0.3, 0.4) is 0 Å². The quantitative estimate of drug-likeness (QED) is 0.577. The number of nitrogens with zero attached hydrogens (tertiary/aromatic N) is 6. The van der Waals surface area contributed by atoms with Crippen LogP contribution in [-0.2, 0) is 0 Å². The molecule has 0 unspecified atom stereocenters. The second-order valence-electron chi connectivity index (χ2n) is 8.74. The third-order valence-electron chi connectivity index (χ3n) is 6.35. The number of H-pyrrole nitrogens is 1. The lowest BCUT2D eigenvalue weighted by molar-refractivity contribution is 0.284. The molecule has 0 aliphatic carbocycles. The second kappa shape index (κ2) is 9.38. The topological polar surface area (TPSA) is 90.2 Å². The summed E-state index contributed by atoms with van der Waals surface area (Å²) in [5, 5.41) is 7.47. The van der Waals surface area contributed by atoms with E-state index in [2.05, 4.69) is 31.1 Å². The van der Waals surface area contributed by atoms with E-state index in [1.165, 1.54) is 12.1 Å². The minimum atomic E-state index is -0.548. The number of halogens is 2. The fourth-order valence-corrected chi connectivity index (χ4v) is 4.31. The van der Waals surface area contributed by atoms with E-state index in [0.29, 0.717) is 36.1 Å². The van der Waals surface area contributed by atoms with Crippen LogP contribution in [0, 0.1) is 18.6 Å². The summed E-state index contributed by atoms with van der Waals surface area (Å²) in [5.41, 5.74) is 9.19. The molecule has 2 aromatic heterocycles. The van der Waals surface area contributed by atoms with Gasteiger partial charge in [-0.15, -0.1) is 0 Å². The minimum absolute atomic E-state index is 0.429. The summed E-state index contributed by atoms with van der Waals surface area (Å²) in [5.74, 6) is 0.682. The molecule has 34 heavy (non-hydrogen) atoms. The fraction of sp³-hybridized carbons (Fsp3) is 0.375. The lowest BCUT2D eigenvalue weighted by Gasteiger charge is -2.35. The maximum absolute atomic E-state index is 13.5. The van der Waals surface area contributed by atoms with Crippen LogP contribution in [0.2, 0.25) is 0 Å². The van der Waals surface area contributed by atoms with Gasteiger partial charge in [-0.05, 0) is 25.5 Å². The molecule has 5 rings (SSSR count). The first-order valence-corrected chi connectivity index (χ1v) is 11.5. The zero-order valence-corrected chi connectivity index (χ0v) is 19.1. The summed E-state index contributed by atoms with van der Waals surface area (Å²) >= 11 is 0. The largest absolute Gasteiger partial charge is 0.384 e. The number of rotatable bonds is 6. The Balaban J connectivity index is 1.24. The van der Waals surface area contributed by atoms with Crippen molar-refractivity contribution in [3.63, 3.8) is 0 Å². The van der Waals surface area contributed by atoms with E-state index < -0.39 is 11.6 Å². The fourth-order valence-electron chi connectivity index (χ4n) is 4.31. The Bertz CT molecular complexity index is 1180. The van der Waals surface area contributed by atoms with Crippen LogP contribution >= 0.6 is 0 Å². The van der Waals surface area contributed by atoms with E-state index in [0.717, 1.165) is 62.3 Å². The lowest BCUT2D eigenvalue weighted by atomic mass is 10.1.